The molecule has 0 aliphatic carbocycles. The van der Waals surface area contributed by atoms with E-state index in [0.717, 1.165) is 29.9 Å². The summed E-state index contributed by atoms with van der Waals surface area (Å²) in [5.41, 5.74) is 1.09. The third-order valence-corrected chi connectivity index (χ3v) is 4.37. The van der Waals surface area contributed by atoms with Crippen molar-refractivity contribution in [3.05, 3.63) is 23.8 Å². The topological polar surface area (TPSA) is 33.7 Å². The Morgan fingerprint density at radius 1 is 1.22 bits per heavy atom. The van der Waals surface area contributed by atoms with Crippen LogP contribution in [0.1, 0.15) is 31.4 Å². The molecule has 4 nitrogen and oxygen atoms in total. The van der Waals surface area contributed by atoms with Crippen LogP contribution in [0, 0.1) is 0 Å². The van der Waals surface area contributed by atoms with Gasteiger partial charge in [-0.05, 0) is 50.6 Å². The zero-order valence-electron chi connectivity index (χ0n) is 13.0. The van der Waals surface area contributed by atoms with Crippen molar-refractivity contribution in [3.8, 4) is 11.5 Å². The molecule has 1 atom stereocenters. The molecule has 1 saturated heterocycles. The predicted molar refractivity (Wildman–Crippen MR) is 79.6 cm³/mol. The Kier molecular flexibility index (Phi) is 4.68. The second-order valence-corrected chi connectivity index (χ2v) is 6.17. The first-order valence-electron chi connectivity index (χ1n) is 7.85. The molecule has 0 saturated carbocycles. The molecule has 2 aliphatic rings. The number of alkyl halides is 3. The summed E-state index contributed by atoms with van der Waals surface area (Å²) in [5, 5.41) is 3.51. The molecule has 128 valence electrons. The molecule has 2 aliphatic heterocycles. The normalized spacial score (nSPS) is 20.7. The van der Waals surface area contributed by atoms with Crippen molar-refractivity contribution in [3.63, 3.8) is 0 Å². The average Bonchev–Trinajstić information content (AvgIpc) is 2.95. The van der Waals surface area contributed by atoms with E-state index in [9.17, 15) is 13.2 Å². The molecular formula is C16H21F3N2O2. The summed E-state index contributed by atoms with van der Waals surface area (Å²) < 4.78 is 47.9. The number of hydrogen-bond acceptors (Lipinski definition) is 4. The van der Waals surface area contributed by atoms with Gasteiger partial charge in [0.05, 0.1) is 6.54 Å². The van der Waals surface area contributed by atoms with Gasteiger partial charge in [0.2, 0.25) is 6.79 Å². The van der Waals surface area contributed by atoms with Gasteiger partial charge in [-0.3, -0.25) is 4.90 Å². The lowest BCUT2D eigenvalue weighted by Gasteiger charge is -2.34. The van der Waals surface area contributed by atoms with Gasteiger partial charge in [-0.15, -0.1) is 0 Å². The number of nitrogens with zero attached hydrogens (tertiary/aromatic N) is 1. The Hall–Kier alpha value is -1.47. The summed E-state index contributed by atoms with van der Waals surface area (Å²) in [4.78, 5) is 1.48. The molecule has 0 aromatic heterocycles. The molecule has 0 amide bonds. The second-order valence-electron chi connectivity index (χ2n) is 6.17. The van der Waals surface area contributed by atoms with Crippen LogP contribution in [-0.4, -0.2) is 43.5 Å². The minimum absolute atomic E-state index is 0.115. The number of likely N-dealkylation sites (tertiary alicyclic amines) is 1. The zero-order chi connectivity index (χ0) is 16.4. The third-order valence-electron chi connectivity index (χ3n) is 4.37. The van der Waals surface area contributed by atoms with Crippen LogP contribution in [0.5, 0.6) is 11.5 Å². The average molecular weight is 330 g/mol. The molecule has 0 spiro atoms. The van der Waals surface area contributed by atoms with Gasteiger partial charge in [0.15, 0.2) is 11.5 Å². The maximum atomic E-state index is 12.4. The molecule has 1 unspecified atom stereocenters. The summed E-state index contributed by atoms with van der Waals surface area (Å²) in [6.07, 6.45) is -2.66. The lowest BCUT2D eigenvalue weighted by atomic mass is 10.0. The first-order valence-corrected chi connectivity index (χ1v) is 7.85. The standard InChI is InChI=1S/C16H21F3N2O2/c1-11(12-2-3-14-15(8-12)23-10-22-14)20-13-4-6-21(7-5-13)9-16(17,18)19/h2-3,8,11,13,20H,4-7,9-10H2,1H3. The largest absolute Gasteiger partial charge is 0.454 e. The molecule has 0 radical (unpaired) electrons. The van der Waals surface area contributed by atoms with Crippen LogP contribution in [-0.2, 0) is 0 Å². The number of benzene rings is 1. The van der Waals surface area contributed by atoms with Gasteiger partial charge in [-0.2, -0.15) is 13.2 Å². The minimum atomic E-state index is -4.11. The molecule has 1 N–H and O–H groups in total. The van der Waals surface area contributed by atoms with Gasteiger partial charge in [-0.25, -0.2) is 0 Å². The van der Waals surface area contributed by atoms with Crippen molar-refractivity contribution in [2.45, 2.75) is 38.0 Å². The number of hydrogen-bond donors (Lipinski definition) is 1. The SMILES string of the molecule is CC(NC1CCN(CC(F)(F)F)CC1)c1ccc2c(c1)OCO2. The monoisotopic (exact) mass is 330 g/mol. The number of ether oxygens (including phenoxy) is 2. The first-order chi connectivity index (χ1) is 10.9. The molecule has 7 heteroatoms. The maximum absolute atomic E-state index is 12.4. The van der Waals surface area contributed by atoms with Crippen LogP contribution in [0.2, 0.25) is 0 Å². The smallest absolute Gasteiger partial charge is 0.401 e. The van der Waals surface area contributed by atoms with E-state index in [1.165, 1.54) is 4.90 Å². The Labute approximate surface area is 133 Å². The lowest BCUT2D eigenvalue weighted by Crippen LogP contribution is -2.46. The highest BCUT2D eigenvalue weighted by Crippen LogP contribution is 2.34. The Bertz CT molecular complexity index is 543. The van der Waals surface area contributed by atoms with Crippen LogP contribution in [0.4, 0.5) is 13.2 Å². The van der Waals surface area contributed by atoms with Crippen molar-refractivity contribution < 1.29 is 22.6 Å². The quantitative estimate of drug-likeness (QED) is 0.920. The van der Waals surface area contributed by atoms with Gasteiger partial charge in [0.25, 0.3) is 0 Å². The van der Waals surface area contributed by atoms with Crippen molar-refractivity contribution >= 4 is 0 Å². The van der Waals surface area contributed by atoms with Crippen molar-refractivity contribution in [2.24, 2.45) is 0 Å². The van der Waals surface area contributed by atoms with E-state index in [1.807, 2.05) is 18.2 Å². The molecule has 23 heavy (non-hydrogen) atoms. The van der Waals surface area contributed by atoms with E-state index in [1.54, 1.807) is 0 Å². The number of piperidine rings is 1. The fourth-order valence-electron chi connectivity index (χ4n) is 3.14. The molecule has 1 fully saturated rings. The van der Waals surface area contributed by atoms with Gasteiger partial charge in [-0.1, -0.05) is 6.07 Å². The van der Waals surface area contributed by atoms with Crippen LogP contribution in [0.15, 0.2) is 18.2 Å². The summed E-state index contributed by atoms with van der Waals surface area (Å²) in [6, 6.07) is 6.19. The first kappa shape index (κ1) is 16.4. The summed E-state index contributed by atoms with van der Waals surface area (Å²) in [5.74, 6) is 1.50. The highest BCUT2D eigenvalue weighted by Gasteiger charge is 2.32. The van der Waals surface area contributed by atoms with Crippen LogP contribution in [0.25, 0.3) is 0 Å². The number of halogens is 3. The Balaban J connectivity index is 1.50. The fourth-order valence-corrected chi connectivity index (χ4v) is 3.14. The van der Waals surface area contributed by atoms with Gasteiger partial charge in [0.1, 0.15) is 0 Å². The van der Waals surface area contributed by atoms with Crippen molar-refractivity contribution in [1.29, 1.82) is 0 Å². The van der Waals surface area contributed by atoms with Crippen molar-refractivity contribution in [1.82, 2.24) is 10.2 Å². The highest BCUT2D eigenvalue weighted by molar-refractivity contribution is 5.45. The van der Waals surface area contributed by atoms with Gasteiger partial charge >= 0.3 is 6.18 Å². The van der Waals surface area contributed by atoms with E-state index in [0.29, 0.717) is 13.1 Å². The molecule has 2 heterocycles. The highest BCUT2D eigenvalue weighted by atomic mass is 19.4. The maximum Gasteiger partial charge on any atom is 0.401 e. The number of rotatable bonds is 4. The van der Waals surface area contributed by atoms with Crippen LogP contribution < -0.4 is 14.8 Å². The van der Waals surface area contributed by atoms with E-state index in [-0.39, 0.29) is 18.9 Å². The third kappa shape index (κ3) is 4.29. The summed E-state index contributed by atoms with van der Waals surface area (Å²) >= 11 is 0. The Morgan fingerprint density at radius 3 is 2.61 bits per heavy atom. The summed E-state index contributed by atoms with van der Waals surface area (Å²) in [6.45, 7) is 2.45. The summed E-state index contributed by atoms with van der Waals surface area (Å²) in [7, 11) is 0. The number of fused-ring (bicyclic) bond motifs is 1. The zero-order valence-corrected chi connectivity index (χ0v) is 13.0. The molecule has 1 aromatic rings. The second kappa shape index (κ2) is 6.57. The minimum Gasteiger partial charge on any atom is -0.454 e. The van der Waals surface area contributed by atoms with Crippen molar-refractivity contribution in [2.75, 3.05) is 26.4 Å². The van der Waals surface area contributed by atoms with Crippen LogP contribution >= 0.6 is 0 Å². The van der Waals surface area contributed by atoms with Crippen LogP contribution in [0.3, 0.4) is 0 Å². The van der Waals surface area contributed by atoms with Gasteiger partial charge < -0.3 is 14.8 Å². The Morgan fingerprint density at radius 2 is 1.91 bits per heavy atom. The molecular weight excluding hydrogens is 309 g/mol. The molecule has 3 rings (SSSR count). The van der Waals surface area contributed by atoms with E-state index in [2.05, 4.69) is 12.2 Å². The van der Waals surface area contributed by atoms with E-state index >= 15 is 0 Å². The van der Waals surface area contributed by atoms with E-state index < -0.39 is 12.7 Å². The molecule has 0 bridgehead atoms. The van der Waals surface area contributed by atoms with Gasteiger partial charge in [0, 0.05) is 12.1 Å². The molecule has 1 aromatic carbocycles. The lowest BCUT2D eigenvalue weighted by molar-refractivity contribution is -0.148. The van der Waals surface area contributed by atoms with E-state index in [4.69, 9.17) is 9.47 Å². The fraction of sp³-hybridized carbons (Fsp3) is 0.625. The predicted octanol–water partition coefficient (Wildman–Crippen LogP) is 3.09. The number of nitrogens with one attached hydrogen (secondary N) is 1.